The fourth-order valence-electron chi connectivity index (χ4n) is 2.76. The van der Waals surface area contributed by atoms with Crippen molar-refractivity contribution >= 4 is 34.2 Å². The molecule has 0 saturated heterocycles. The monoisotopic (exact) mass is 453 g/mol. The fourth-order valence-corrected chi connectivity index (χ4v) is 5.35. The Kier molecular flexibility index (Phi) is 10.2. The van der Waals surface area contributed by atoms with Gasteiger partial charge in [-0.25, -0.2) is 13.1 Å². The van der Waals surface area contributed by atoms with Crippen molar-refractivity contribution in [2.24, 2.45) is 0 Å². The Morgan fingerprint density at radius 1 is 1.07 bits per heavy atom. The molecule has 1 N–H and O–H groups in total. The van der Waals surface area contributed by atoms with Crippen LogP contribution in [0, 0.1) is 25.2 Å². The quantitative estimate of drug-likeness (QED) is 0.610. The van der Waals surface area contributed by atoms with E-state index < -0.39 is 10.0 Å². The molecule has 0 bridgehead atoms. The molecule has 0 aliphatic heterocycles. The van der Waals surface area contributed by atoms with Crippen molar-refractivity contribution in [3.8, 4) is 6.07 Å². The van der Waals surface area contributed by atoms with Crippen LogP contribution in [0.4, 0.5) is 0 Å². The van der Waals surface area contributed by atoms with E-state index in [-0.39, 0.29) is 17.3 Å². The van der Waals surface area contributed by atoms with E-state index in [0.29, 0.717) is 23.5 Å². The molecule has 0 aromatic heterocycles. The molecule has 0 fully saturated rings. The summed E-state index contributed by atoms with van der Waals surface area (Å²) in [5, 5.41) is 9.22. The summed E-state index contributed by atoms with van der Waals surface area (Å²) in [4.78, 5) is 3.92. The average molecular weight is 454 g/mol. The number of benzene rings is 2. The summed E-state index contributed by atoms with van der Waals surface area (Å²) >= 11 is 1.41. The molecule has 5 nitrogen and oxygen atoms in total. The van der Waals surface area contributed by atoms with Crippen LogP contribution in [0.3, 0.4) is 0 Å². The molecular weight excluding hydrogens is 426 g/mol. The summed E-state index contributed by atoms with van der Waals surface area (Å²) in [5.41, 5.74) is 2.52. The lowest BCUT2D eigenvalue weighted by atomic mass is 10.2. The maximum Gasteiger partial charge on any atom is 0.241 e. The van der Waals surface area contributed by atoms with Crippen LogP contribution in [-0.4, -0.2) is 39.5 Å². The highest BCUT2D eigenvalue weighted by molar-refractivity contribution is 8.00. The van der Waals surface area contributed by atoms with Crippen LogP contribution in [0.1, 0.15) is 30.5 Å². The second-order valence-electron chi connectivity index (χ2n) is 6.57. The summed E-state index contributed by atoms with van der Waals surface area (Å²) in [6.07, 6.45) is 0. The molecule has 2 aromatic carbocycles. The van der Waals surface area contributed by atoms with Gasteiger partial charge < -0.3 is 4.90 Å². The summed E-state index contributed by atoms with van der Waals surface area (Å²) in [6, 6.07) is 13.0. The number of nitrogens with one attached hydrogen (secondary N) is 1. The Bertz CT molecular complexity index is 968. The van der Waals surface area contributed by atoms with Crippen molar-refractivity contribution in [3.05, 3.63) is 53.1 Å². The highest BCUT2D eigenvalue weighted by Gasteiger charge is 2.20. The van der Waals surface area contributed by atoms with Gasteiger partial charge in [-0.1, -0.05) is 37.7 Å². The number of rotatable bonds is 9. The van der Waals surface area contributed by atoms with E-state index in [2.05, 4.69) is 9.62 Å². The normalized spacial score (nSPS) is 11.2. The molecule has 0 radical (unpaired) electrons. The minimum absolute atomic E-state index is 0. The summed E-state index contributed by atoms with van der Waals surface area (Å²) in [5.74, 6) is 0. The van der Waals surface area contributed by atoms with E-state index in [9.17, 15) is 13.7 Å². The van der Waals surface area contributed by atoms with Gasteiger partial charge in [0.05, 0.1) is 16.5 Å². The lowest BCUT2D eigenvalue weighted by molar-refractivity contribution is 0.309. The van der Waals surface area contributed by atoms with Gasteiger partial charge in [0.1, 0.15) is 0 Å². The van der Waals surface area contributed by atoms with Gasteiger partial charge in [-0.15, -0.1) is 12.4 Å². The van der Waals surface area contributed by atoms with Crippen molar-refractivity contribution in [1.29, 1.82) is 5.26 Å². The third-order valence-electron chi connectivity index (χ3n) is 4.54. The van der Waals surface area contributed by atoms with Crippen molar-refractivity contribution in [2.75, 3.05) is 26.2 Å². The fraction of sp³-hybridized carbons (Fsp3) is 0.381. The largest absolute Gasteiger partial charge is 0.303 e. The third kappa shape index (κ3) is 7.02. The van der Waals surface area contributed by atoms with Gasteiger partial charge in [0.25, 0.3) is 0 Å². The zero-order chi connectivity index (χ0) is 20.7. The topological polar surface area (TPSA) is 73.2 Å². The van der Waals surface area contributed by atoms with Crippen LogP contribution in [0.25, 0.3) is 0 Å². The highest BCUT2D eigenvalue weighted by Crippen LogP contribution is 2.35. The maximum absolute atomic E-state index is 13.0. The van der Waals surface area contributed by atoms with Crippen LogP contribution in [0.2, 0.25) is 0 Å². The number of nitriles is 1. The Labute approximate surface area is 185 Å². The number of likely N-dealkylation sites (N-methyl/N-ethyl adjacent to an activating group) is 1. The van der Waals surface area contributed by atoms with Gasteiger partial charge in [-0.05, 0) is 62.3 Å². The molecule has 158 valence electrons. The van der Waals surface area contributed by atoms with Crippen LogP contribution < -0.4 is 4.72 Å². The molecule has 0 spiro atoms. The number of aryl methyl sites for hydroxylation is 2. The molecule has 0 aliphatic rings. The Morgan fingerprint density at radius 2 is 1.76 bits per heavy atom. The van der Waals surface area contributed by atoms with E-state index in [1.807, 2.05) is 52.0 Å². The smallest absolute Gasteiger partial charge is 0.241 e. The van der Waals surface area contributed by atoms with E-state index >= 15 is 0 Å². The zero-order valence-electron chi connectivity index (χ0n) is 17.2. The van der Waals surface area contributed by atoms with Gasteiger partial charge in [0.2, 0.25) is 10.0 Å². The lowest BCUT2D eigenvalue weighted by Crippen LogP contribution is -2.35. The van der Waals surface area contributed by atoms with Crippen LogP contribution in [-0.2, 0) is 10.0 Å². The second kappa shape index (κ2) is 11.6. The molecule has 2 rings (SSSR count). The Balaban J connectivity index is 0.00000420. The van der Waals surface area contributed by atoms with Crippen LogP contribution in [0.15, 0.2) is 51.1 Å². The van der Waals surface area contributed by atoms with Gasteiger partial charge in [0.15, 0.2) is 0 Å². The molecule has 0 aliphatic carbocycles. The van der Waals surface area contributed by atoms with Crippen molar-refractivity contribution in [3.63, 3.8) is 0 Å². The molecule has 0 atom stereocenters. The van der Waals surface area contributed by atoms with Gasteiger partial charge >= 0.3 is 0 Å². The summed E-state index contributed by atoms with van der Waals surface area (Å²) in [6.45, 7) is 10.8. The molecule has 2 aromatic rings. The molecular formula is C21H28ClN3O2S2. The highest BCUT2D eigenvalue weighted by atomic mass is 35.5. The van der Waals surface area contributed by atoms with Crippen molar-refractivity contribution in [2.45, 2.75) is 42.4 Å². The van der Waals surface area contributed by atoms with Crippen molar-refractivity contribution in [1.82, 2.24) is 9.62 Å². The SMILES string of the molecule is CCN(CC)CCNS(=O)(=O)c1cc(C#N)ccc1Sc1cc(C)ccc1C.Cl. The third-order valence-corrected chi connectivity index (χ3v) is 7.41. The molecule has 0 amide bonds. The van der Waals surface area contributed by atoms with Gasteiger partial charge in [-0.3, -0.25) is 0 Å². The van der Waals surface area contributed by atoms with E-state index in [1.54, 1.807) is 12.1 Å². The number of nitrogens with zero attached hydrogens (tertiary/aromatic N) is 2. The average Bonchev–Trinajstić information content (AvgIpc) is 2.68. The van der Waals surface area contributed by atoms with Gasteiger partial charge in [-0.2, -0.15) is 5.26 Å². The summed E-state index contributed by atoms with van der Waals surface area (Å²) in [7, 11) is -3.73. The van der Waals surface area contributed by atoms with E-state index in [1.165, 1.54) is 17.8 Å². The zero-order valence-corrected chi connectivity index (χ0v) is 19.7. The van der Waals surface area contributed by atoms with E-state index in [0.717, 1.165) is 29.1 Å². The summed E-state index contributed by atoms with van der Waals surface area (Å²) < 4.78 is 28.6. The standard InChI is InChI=1S/C21H27N3O2S2.ClH/c1-5-24(6-2)12-11-23-28(25,26)21-14-18(15-22)9-10-19(21)27-20-13-16(3)7-8-17(20)4;/h7-10,13-14,23H,5-6,11-12H2,1-4H3;1H. The first-order valence-corrected chi connectivity index (χ1v) is 11.6. The number of sulfonamides is 1. The van der Waals surface area contributed by atoms with E-state index in [4.69, 9.17) is 0 Å². The minimum Gasteiger partial charge on any atom is -0.303 e. The van der Waals surface area contributed by atoms with Crippen molar-refractivity contribution < 1.29 is 8.42 Å². The Hall–Kier alpha value is -1.56. The number of halogens is 1. The predicted molar refractivity (Wildman–Crippen MR) is 121 cm³/mol. The van der Waals surface area contributed by atoms with Crippen LogP contribution in [0.5, 0.6) is 0 Å². The molecule has 8 heteroatoms. The molecule has 0 saturated carbocycles. The van der Waals surface area contributed by atoms with Gasteiger partial charge in [0, 0.05) is 22.9 Å². The lowest BCUT2D eigenvalue weighted by Gasteiger charge is -2.18. The predicted octanol–water partition coefficient (Wildman–Crippen LogP) is 4.37. The second-order valence-corrected chi connectivity index (χ2v) is 9.39. The Morgan fingerprint density at radius 3 is 2.38 bits per heavy atom. The minimum atomic E-state index is -3.73. The van der Waals surface area contributed by atoms with Crippen LogP contribution >= 0.6 is 24.2 Å². The number of hydrogen-bond acceptors (Lipinski definition) is 5. The molecule has 0 heterocycles. The first-order chi connectivity index (χ1) is 13.3. The molecule has 29 heavy (non-hydrogen) atoms. The maximum atomic E-state index is 13.0. The first kappa shape index (κ1) is 25.5. The molecule has 0 unspecified atom stereocenters. The number of hydrogen-bond donors (Lipinski definition) is 1. The first-order valence-electron chi connectivity index (χ1n) is 9.32.